The molecule has 0 aliphatic carbocycles. The highest BCUT2D eigenvalue weighted by Gasteiger charge is 2.67. The maximum Gasteiger partial charge on any atom is 0.239 e. The molecule has 4 rings (SSSR count). The first-order valence-corrected chi connectivity index (χ1v) is 8.85. The van der Waals surface area contributed by atoms with Crippen LogP contribution in [0.1, 0.15) is 6.92 Å². The quantitative estimate of drug-likeness (QED) is 0.496. The Morgan fingerprint density at radius 3 is 3.08 bits per heavy atom. The topological polar surface area (TPSA) is 88.2 Å². The van der Waals surface area contributed by atoms with Gasteiger partial charge in [-0.1, -0.05) is 12.2 Å². The first-order valence-electron chi connectivity index (χ1n) is 8.85. The molecule has 0 saturated carbocycles. The van der Waals surface area contributed by atoms with Crippen LogP contribution in [0.2, 0.25) is 0 Å². The molecule has 3 saturated heterocycles. The number of hydrogen-bond donors (Lipinski definition) is 1. The van der Waals surface area contributed by atoms with Crippen LogP contribution < -0.4 is 5.32 Å². The average molecular weight is 349 g/mol. The maximum absolute atomic E-state index is 13.0. The molecule has 25 heavy (non-hydrogen) atoms. The van der Waals surface area contributed by atoms with Crippen LogP contribution in [-0.2, 0) is 23.9 Å². The van der Waals surface area contributed by atoms with Crippen molar-refractivity contribution in [3.05, 3.63) is 12.2 Å². The summed E-state index contributed by atoms with van der Waals surface area (Å²) in [4.78, 5) is 40.8. The Labute approximate surface area is 146 Å². The summed E-state index contributed by atoms with van der Waals surface area (Å²) in [5.74, 6) is -1.41. The van der Waals surface area contributed by atoms with E-state index in [0.717, 1.165) is 0 Å². The molecule has 3 fully saturated rings. The molecule has 1 spiro atoms. The number of likely N-dealkylation sites (tertiary alicyclic amines) is 1. The Hall–Kier alpha value is -1.93. The van der Waals surface area contributed by atoms with Gasteiger partial charge in [-0.15, -0.1) is 0 Å². The third-order valence-corrected chi connectivity index (χ3v) is 5.52. The van der Waals surface area contributed by atoms with Gasteiger partial charge in [0.1, 0.15) is 5.60 Å². The number of fused-ring (bicyclic) bond motifs is 1. The van der Waals surface area contributed by atoms with Crippen molar-refractivity contribution in [3.8, 4) is 0 Å². The van der Waals surface area contributed by atoms with Gasteiger partial charge >= 0.3 is 0 Å². The summed E-state index contributed by atoms with van der Waals surface area (Å²) in [6.45, 7) is 4.92. The van der Waals surface area contributed by atoms with Crippen LogP contribution in [0.25, 0.3) is 0 Å². The van der Waals surface area contributed by atoms with Crippen molar-refractivity contribution in [3.63, 3.8) is 0 Å². The molecule has 0 radical (unpaired) electrons. The minimum atomic E-state index is -0.702. The second kappa shape index (κ2) is 6.10. The lowest BCUT2D eigenvalue weighted by atomic mass is 9.76. The fourth-order valence-electron chi connectivity index (χ4n) is 4.41. The monoisotopic (exact) mass is 349 g/mol. The standard InChI is InChI=1S/C17H23N3O5/c1-2-24-8-7-20-10-17-4-3-11(25-17)13(14(17)16(20)23)15(22)19-6-5-18-12(21)9-19/h3-4,11,13-14H,2,5-10H2,1H3,(H,18,21)/t11-,13+,14+,17-/m0/s1. The van der Waals surface area contributed by atoms with Crippen LogP contribution in [0.15, 0.2) is 12.2 Å². The van der Waals surface area contributed by atoms with Crippen molar-refractivity contribution in [2.24, 2.45) is 11.8 Å². The van der Waals surface area contributed by atoms with Gasteiger partial charge in [-0.2, -0.15) is 0 Å². The van der Waals surface area contributed by atoms with E-state index in [9.17, 15) is 14.4 Å². The molecule has 8 nitrogen and oxygen atoms in total. The summed E-state index contributed by atoms with van der Waals surface area (Å²) < 4.78 is 11.4. The number of carbonyl (C=O) groups excluding carboxylic acids is 3. The van der Waals surface area contributed by atoms with Gasteiger partial charge in [0.25, 0.3) is 0 Å². The van der Waals surface area contributed by atoms with Crippen molar-refractivity contribution in [1.82, 2.24) is 15.1 Å². The molecule has 4 heterocycles. The van der Waals surface area contributed by atoms with E-state index in [1.807, 2.05) is 19.1 Å². The summed E-state index contributed by atoms with van der Waals surface area (Å²) in [6, 6.07) is 0. The lowest BCUT2D eigenvalue weighted by Gasteiger charge is -2.32. The van der Waals surface area contributed by atoms with E-state index in [1.54, 1.807) is 9.80 Å². The van der Waals surface area contributed by atoms with E-state index in [4.69, 9.17) is 9.47 Å². The molecule has 4 aliphatic heterocycles. The zero-order valence-electron chi connectivity index (χ0n) is 14.3. The summed E-state index contributed by atoms with van der Waals surface area (Å²) in [5.41, 5.74) is -0.702. The minimum absolute atomic E-state index is 0.0493. The third-order valence-electron chi connectivity index (χ3n) is 5.52. The van der Waals surface area contributed by atoms with Gasteiger partial charge in [-0.3, -0.25) is 14.4 Å². The van der Waals surface area contributed by atoms with Crippen molar-refractivity contribution >= 4 is 17.7 Å². The lowest BCUT2D eigenvalue weighted by Crippen LogP contribution is -2.54. The highest BCUT2D eigenvalue weighted by molar-refractivity contribution is 5.94. The Kier molecular flexibility index (Phi) is 4.04. The average Bonchev–Trinajstić information content (AvgIpc) is 3.23. The molecule has 0 aromatic rings. The molecular formula is C17H23N3O5. The number of rotatable bonds is 5. The summed E-state index contributed by atoms with van der Waals surface area (Å²) in [6.07, 6.45) is 3.45. The molecule has 0 unspecified atom stereocenters. The molecule has 4 atom stereocenters. The molecule has 0 aromatic carbocycles. The Balaban J connectivity index is 1.53. The van der Waals surface area contributed by atoms with E-state index in [-0.39, 0.29) is 30.4 Å². The number of piperazine rings is 1. The predicted molar refractivity (Wildman–Crippen MR) is 86.4 cm³/mol. The van der Waals surface area contributed by atoms with Crippen LogP contribution >= 0.6 is 0 Å². The third kappa shape index (κ3) is 2.55. The molecule has 1 N–H and O–H groups in total. The second-order valence-corrected chi connectivity index (χ2v) is 6.97. The second-order valence-electron chi connectivity index (χ2n) is 6.97. The highest BCUT2D eigenvalue weighted by atomic mass is 16.5. The molecular weight excluding hydrogens is 326 g/mol. The number of nitrogens with one attached hydrogen (secondary N) is 1. The zero-order chi connectivity index (χ0) is 17.6. The minimum Gasteiger partial charge on any atom is -0.380 e. The summed E-state index contributed by atoms with van der Waals surface area (Å²) in [7, 11) is 0. The van der Waals surface area contributed by atoms with E-state index in [1.165, 1.54) is 0 Å². The van der Waals surface area contributed by atoms with Crippen LogP contribution in [-0.4, -0.2) is 85.2 Å². The van der Waals surface area contributed by atoms with Crippen LogP contribution in [0.4, 0.5) is 0 Å². The largest absolute Gasteiger partial charge is 0.380 e. The highest BCUT2D eigenvalue weighted by Crippen LogP contribution is 2.52. The van der Waals surface area contributed by atoms with Crippen LogP contribution in [0.3, 0.4) is 0 Å². The van der Waals surface area contributed by atoms with Gasteiger partial charge in [-0.05, 0) is 6.92 Å². The smallest absolute Gasteiger partial charge is 0.239 e. The maximum atomic E-state index is 13.0. The SMILES string of the molecule is CCOCCN1C[C@]23C=C[C@H](O2)[C@@H](C(=O)N2CCNC(=O)C2)[C@@H]3C1=O. The van der Waals surface area contributed by atoms with Gasteiger partial charge in [0.2, 0.25) is 17.7 Å². The van der Waals surface area contributed by atoms with Gasteiger partial charge < -0.3 is 24.6 Å². The van der Waals surface area contributed by atoms with Gasteiger partial charge in [0.15, 0.2) is 0 Å². The van der Waals surface area contributed by atoms with Crippen LogP contribution in [0, 0.1) is 11.8 Å². The number of hydrogen-bond acceptors (Lipinski definition) is 5. The van der Waals surface area contributed by atoms with E-state index in [2.05, 4.69) is 5.32 Å². The number of nitrogens with zero attached hydrogens (tertiary/aromatic N) is 2. The first-order chi connectivity index (χ1) is 12.1. The Morgan fingerprint density at radius 1 is 1.48 bits per heavy atom. The predicted octanol–water partition coefficient (Wildman–Crippen LogP) is -1.24. The molecule has 2 bridgehead atoms. The molecule has 0 aromatic heterocycles. The van der Waals surface area contributed by atoms with Crippen LogP contribution in [0.5, 0.6) is 0 Å². The van der Waals surface area contributed by atoms with Crippen molar-refractivity contribution < 1.29 is 23.9 Å². The Bertz CT molecular complexity index is 636. The van der Waals surface area contributed by atoms with Crippen molar-refractivity contribution in [2.75, 3.05) is 45.9 Å². The molecule has 136 valence electrons. The van der Waals surface area contributed by atoms with E-state index < -0.39 is 17.4 Å². The lowest BCUT2D eigenvalue weighted by molar-refractivity contribution is -0.146. The number of amides is 3. The Morgan fingerprint density at radius 2 is 2.32 bits per heavy atom. The van der Waals surface area contributed by atoms with Gasteiger partial charge in [0.05, 0.1) is 37.6 Å². The fourth-order valence-corrected chi connectivity index (χ4v) is 4.41. The van der Waals surface area contributed by atoms with E-state index >= 15 is 0 Å². The molecule has 3 amide bonds. The first kappa shape index (κ1) is 16.5. The number of ether oxygens (including phenoxy) is 2. The van der Waals surface area contributed by atoms with Crippen molar-refractivity contribution in [1.29, 1.82) is 0 Å². The summed E-state index contributed by atoms with van der Waals surface area (Å²) in [5, 5.41) is 2.71. The fraction of sp³-hybridized carbons (Fsp3) is 0.706. The van der Waals surface area contributed by atoms with Crippen molar-refractivity contribution in [2.45, 2.75) is 18.6 Å². The molecule has 8 heteroatoms. The number of carbonyl (C=O) groups is 3. The van der Waals surface area contributed by atoms with Gasteiger partial charge in [-0.25, -0.2) is 0 Å². The molecule has 4 aliphatic rings. The normalized spacial score (nSPS) is 36.1. The summed E-state index contributed by atoms with van der Waals surface area (Å²) >= 11 is 0. The van der Waals surface area contributed by atoms with E-state index in [0.29, 0.717) is 39.4 Å². The van der Waals surface area contributed by atoms with Gasteiger partial charge in [0, 0.05) is 26.2 Å². The zero-order valence-corrected chi connectivity index (χ0v) is 14.3.